The van der Waals surface area contributed by atoms with Gasteiger partial charge in [0.05, 0.1) is 5.69 Å². The van der Waals surface area contributed by atoms with Gasteiger partial charge >= 0.3 is 0 Å². The van der Waals surface area contributed by atoms with Gasteiger partial charge in [-0.3, -0.25) is 14.4 Å². The molecule has 0 saturated heterocycles. The molecule has 3 aromatic rings. The summed E-state index contributed by atoms with van der Waals surface area (Å²) in [6, 6.07) is 19.0. The number of nitrogens with two attached hydrogens (primary N) is 1. The van der Waals surface area contributed by atoms with Gasteiger partial charge in [-0.25, -0.2) is 4.68 Å². The number of hydrogen-bond donors (Lipinski definition) is 2. The van der Waals surface area contributed by atoms with Crippen LogP contribution in [0.25, 0.3) is 5.69 Å². The number of primary amides is 1. The van der Waals surface area contributed by atoms with Crippen LogP contribution in [0, 0.1) is 6.92 Å². The van der Waals surface area contributed by atoms with E-state index in [2.05, 4.69) is 10.4 Å². The SMILES string of the molecule is Cc1cc(C(=O)NC(Cc2ccccc2)C(=O)C(N)=O)nn1-c1ccccc1. The molecule has 0 bridgehead atoms. The Bertz CT molecular complexity index is 997. The average Bonchev–Trinajstić information content (AvgIpc) is 3.10. The molecule has 7 heteroatoms. The molecule has 0 aliphatic carbocycles. The highest BCUT2D eigenvalue weighted by Gasteiger charge is 2.27. The van der Waals surface area contributed by atoms with Crippen LogP contribution in [0.3, 0.4) is 0 Å². The van der Waals surface area contributed by atoms with Crippen LogP contribution in [0.2, 0.25) is 0 Å². The zero-order chi connectivity index (χ0) is 20.1. The van der Waals surface area contributed by atoms with Crippen molar-refractivity contribution in [3.8, 4) is 5.69 Å². The van der Waals surface area contributed by atoms with Gasteiger partial charge in [0.25, 0.3) is 11.8 Å². The fourth-order valence-electron chi connectivity index (χ4n) is 2.88. The van der Waals surface area contributed by atoms with Gasteiger partial charge in [-0.1, -0.05) is 48.5 Å². The van der Waals surface area contributed by atoms with Crippen LogP contribution in [0.1, 0.15) is 21.7 Å². The summed E-state index contributed by atoms with van der Waals surface area (Å²) in [5.74, 6) is -2.49. The topological polar surface area (TPSA) is 107 Å². The van der Waals surface area contributed by atoms with Gasteiger partial charge in [-0.2, -0.15) is 5.10 Å². The molecule has 0 saturated carbocycles. The lowest BCUT2D eigenvalue weighted by Gasteiger charge is -2.15. The second kappa shape index (κ2) is 8.30. The monoisotopic (exact) mass is 376 g/mol. The minimum absolute atomic E-state index is 0.150. The number of ketones is 1. The molecule has 0 spiro atoms. The Morgan fingerprint density at radius 1 is 1.04 bits per heavy atom. The highest BCUT2D eigenvalue weighted by atomic mass is 16.2. The van der Waals surface area contributed by atoms with Crippen LogP contribution in [0.4, 0.5) is 0 Å². The number of para-hydroxylation sites is 1. The number of Topliss-reactive ketones (excluding diaryl/α,β-unsaturated/α-hetero) is 1. The van der Waals surface area contributed by atoms with Crippen molar-refractivity contribution < 1.29 is 14.4 Å². The van der Waals surface area contributed by atoms with Crippen molar-refractivity contribution in [3.63, 3.8) is 0 Å². The largest absolute Gasteiger partial charge is 0.363 e. The predicted octanol–water partition coefficient (Wildman–Crippen LogP) is 1.58. The summed E-state index contributed by atoms with van der Waals surface area (Å²) in [5, 5.41) is 6.91. The maximum absolute atomic E-state index is 12.7. The molecule has 2 aromatic carbocycles. The number of carbonyl (C=O) groups excluding carboxylic acids is 3. The maximum Gasteiger partial charge on any atom is 0.287 e. The number of nitrogens with one attached hydrogen (secondary N) is 1. The van der Waals surface area contributed by atoms with E-state index in [0.29, 0.717) is 0 Å². The van der Waals surface area contributed by atoms with Crippen molar-refractivity contribution in [2.75, 3.05) is 0 Å². The molecule has 1 atom stereocenters. The van der Waals surface area contributed by atoms with Crippen molar-refractivity contribution in [2.24, 2.45) is 5.73 Å². The van der Waals surface area contributed by atoms with Gasteiger partial charge in [0.15, 0.2) is 5.69 Å². The van der Waals surface area contributed by atoms with Crippen molar-refractivity contribution >= 4 is 17.6 Å². The molecular weight excluding hydrogens is 356 g/mol. The van der Waals surface area contributed by atoms with Gasteiger partial charge < -0.3 is 11.1 Å². The number of benzene rings is 2. The average molecular weight is 376 g/mol. The zero-order valence-corrected chi connectivity index (χ0v) is 15.3. The number of aryl methyl sites for hydroxylation is 1. The van der Waals surface area contributed by atoms with Crippen LogP contribution in [-0.2, 0) is 16.0 Å². The third kappa shape index (κ3) is 4.32. The molecular formula is C21H20N4O3. The van der Waals surface area contributed by atoms with Crippen LogP contribution < -0.4 is 11.1 Å². The highest BCUT2D eigenvalue weighted by Crippen LogP contribution is 2.12. The first-order valence-electron chi connectivity index (χ1n) is 8.76. The van der Waals surface area contributed by atoms with E-state index in [1.807, 2.05) is 67.6 Å². The standard InChI is InChI=1S/C21H20N4O3/c1-14-12-18(24-25(14)16-10-6-3-7-11-16)21(28)23-17(19(26)20(22)27)13-15-8-4-2-5-9-15/h2-12,17H,13H2,1H3,(H2,22,27)(H,23,28). The highest BCUT2D eigenvalue weighted by molar-refractivity contribution is 6.38. The first-order chi connectivity index (χ1) is 13.5. The molecule has 0 aliphatic heterocycles. The summed E-state index contributed by atoms with van der Waals surface area (Å²) in [4.78, 5) is 36.3. The molecule has 0 radical (unpaired) electrons. The van der Waals surface area contributed by atoms with Crippen LogP contribution >= 0.6 is 0 Å². The number of carbonyl (C=O) groups is 3. The fraction of sp³-hybridized carbons (Fsp3) is 0.143. The Morgan fingerprint density at radius 3 is 2.25 bits per heavy atom. The van der Waals surface area contributed by atoms with Gasteiger partial charge in [-0.05, 0) is 30.7 Å². The predicted molar refractivity (Wildman–Crippen MR) is 104 cm³/mol. The van der Waals surface area contributed by atoms with E-state index in [0.717, 1.165) is 16.9 Å². The smallest absolute Gasteiger partial charge is 0.287 e. The molecule has 1 unspecified atom stereocenters. The third-order valence-corrected chi connectivity index (χ3v) is 4.27. The van der Waals surface area contributed by atoms with E-state index in [1.165, 1.54) is 0 Å². The van der Waals surface area contributed by atoms with E-state index in [4.69, 9.17) is 5.73 Å². The molecule has 2 amide bonds. The van der Waals surface area contributed by atoms with Gasteiger partial charge in [0, 0.05) is 12.1 Å². The molecule has 0 fully saturated rings. The Kier molecular flexibility index (Phi) is 5.64. The number of hydrogen-bond acceptors (Lipinski definition) is 4. The maximum atomic E-state index is 12.7. The van der Waals surface area contributed by atoms with Gasteiger partial charge in [0.2, 0.25) is 5.78 Å². The minimum Gasteiger partial charge on any atom is -0.363 e. The minimum atomic E-state index is -1.09. The van der Waals surface area contributed by atoms with E-state index >= 15 is 0 Å². The fourth-order valence-corrected chi connectivity index (χ4v) is 2.88. The molecule has 3 rings (SSSR count). The quantitative estimate of drug-likeness (QED) is 0.610. The molecule has 28 heavy (non-hydrogen) atoms. The van der Waals surface area contributed by atoms with Crippen molar-refractivity contribution in [1.82, 2.24) is 15.1 Å². The lowest BCUT2D eigenvalue weighted by atomic mass is 10.0. The first-order valence-corrected chi connectivity index (χ1v) is 8.76. The summed E-state index contributed by atoms with van der Waals surface area (Å²) >= 11 is 0. The normalized spacial score (nSPS) is 11.6. The van der Waals surface area contributed by atoms with E-state index in [1.54, 1.807) is 10.7 Å². The Morgan fingerprint density at radius 2 is 1.64 bits per heavy atom. The Labute approximate surface area is 162 Å². The number of aromatic nitrogens is 2. The molecule has 0 aliphatic rings. The number of rotatable bonds is 7. The molecule has 1 aromatic heterocycles. The van der Waals surface area contributed by atoms with Crippen molar-refractivity contribution in [2.45, 2.75) is 19.4 Å². The second-order valence-corrected chi connectivity index (χ2v) is 6.36. The van der Waals surface area contributed by atoms with Gasteiger partial charge in [0.1, 0.15) is 6.04 Å². The van der Waals surface area contributed by atoms with Crippen LogP contribution in [-0.4, -0.2) is 33.4 Å². The third-order valence-electron chi connectivity index (χ3n) is 4.27. The van der Waals surface area contributed by atoms with Crippen molar-refractivity contribution in [3.05, 3.63) is 83.7 Å². The molecule has 3 N–H and O–H groups in total. The van der Waals surface area contributed by atoms with Crippen LogP contribution in [0.5, 0.6) is 0 Å². The number of amides is 2. The van der Waals surface area contributed by atoms with Crippen molar-refractivity contribution in [1.29, 1.82) is 0 Å². The molecule has 142 valence electrons. The number of nitrogens with zero attached hydrogens (tertiary/aromatic N) is 2. The molecule has 7 nitrogen and oxygen atoms in total. The summed E-state index contributed by atoms with van der Waals surface area (Å²) < 4.78 is 1.64. The Balaban J connectivity index is 1.82. The zero-order valence-electron chi connectivity index (χ0n) is 15.3. The van der Waals surface area contributed by atoms with Gasteiger partial charge in [-0.15, -0.1) is 0 Å². The lowest BCUT2D eigenvalue weighted by Crippen LogP contribution is -2.47. The Hall–Kier alpha value is -3.74. The molecule has 1 heterocycles. The lowest BCUT2D eigenvalue weighted by molar-refractivity contribution is -0.137. The summed E-state index contributed by atoms with van der Waals surface area (Å²) in [7, 11) is 0. The summed E-state index contributed by atoms with van der Waals surface area (Å²) in [6.45, 7) is 1.83. The van der Waals surface area contributed by atoms with Crippen LogP contribution in [0.15, 0.2) is 66.7 Å². The summed E-state index contributed by atoms with van der Waals surface area (Å²) in [5.41, 5.74) is 7.67. The van der Waals surface area contributed by atoms with E-state index < -0.39 is 23.6 Å². The first kappa shape index (κ1) is 19.0. The van der Waals surface area contributed by atoms with E-state index in [9.17, 15) is 14.4 Å². The summed E-state index contributed by atoms with van der Waals surface area (Å²) in [6.07, 6.45) is 0.159. The second-order valence-electron chi connectivity index (χ2n) is 6.36. The van der Waals surface area contributed by atoms with E-state index in [-0.39, 0.29) is 12.1 Å².